The quantitative estimate of drug-likeness (QED) is 0.562. The molecule has 0 bridgehead atoms. The van der Waals surface area contributed by atoms with Gasteiger partial charge in [-0.25, -0.2) is 9.59 Å². The molecule has 4 rings (SSSR count). The molecule has 1 heterocycles. The molecule has 0 saturated carbocycles. The van der Waals surface area contributed by atoms with Crippen molar-refractivity contribution in [2.45, 2.75) is 5.92 Å². The van der Waals surface area contributed by atoms with Gasteiger partial charge in [-0.1, -0.05) is 54.6 Å². The molecule has 1 atom stereocenters. The van der Waals surface area contributed by atoms with Crippen LogP contribution >= 0.6 is 0 Å². The van der Waals surface area contributed by atoms with Crippen molar-refractivity contribution in [1.82, 2.24) is 0 Å². The van der Waals surface area contributed by atoms with E-state index in [1.807, 2.05) is 24.3 Å². The van der Waals surface area contributed by atoms with Crippen LogP contribution in [0.2, 0.25) is 0 Å². The summed E-state index contributed by atoms with van der Waals surface area (Å²) in [6.07, 6.45) is 0. The van der Waals surface area contributed by atoms with Crippen molar-refractivity contribution in [3.05, 3.63) is 95.0 Å². The van der Waals surface area contributed by atoms with Gasteiger partial charge in [-0.3, -0.25) is 4.90 Å². The highest BCUT2D eigenvalue weighted by Crippen LogP contribution is 2.45. The molecule has 1 aliphatic rings. The van der Waals surface area contributed by atoms with Crippen molar-refractivity contribution < 1.29 is 23.8 Å². The van der Waals surface area contributed by atoms with Crippen LogP contribution in [0.3, 0.4) is 0 Å². The first-order valence-electron chi connectivity index (χ1n) is 10.7. The van der Waals surface area contributed by atoms with Gasteiger partial charge in [0.1, 0.15) is 17.3 Å². The zero-order valence-electron chi connectivity index (χ0n) is 19.4. The summed E-state index contributed by atoms with van der Waals surface area (Å²) in [5.41, 5.74) is 7.61. The number of ether oxygens (including phenoxy) is 3. The van der Waals surface area contributed by atoms with Gasteiger partial charge in [0.15, 0.2) is 0 Å². The van der Waals surface area contributed by atoms with E-state index in [-0.39, 0.29) is 22.7 Å². The fourth-order valence-electron chi connectivity index (χ4n) is 4.40. The Hall–Kier alpha value is -4.77. The average molecular weight is 469 g/mol. The Morgan fingerprint density at radius 2 is 1.54 bits per heavy atom. The van der Waals surface area contributed by atoms with Crippen molar-refractivity contribution in [2.75, 3.05) is 26.2 Å². The predicted molar refractivity (Wildman–Crippen MR) is 130 cm³/mol. The van der Waals surface area contributed by atoms with Crippen molar-refractivity contribution in [3.8, 4) is 11.8 Å². The van der Waals surface area contributed by atoms with Gasteiger partial charge in [-0.15, -0.1) is 0 Å². The van der Waals surface area contributed by atoms with Crippen molar-refractivity contribution in [1.29, 1.82) is 5.26 Å². The number of fused-ring (bicyclic) bond motifs is 1. The number of allylic oxidation sites excluding steroid dienone is 1. The summed E-state index contributed by atoms with van der Waals surface area (Å²) < 4.78 is 15.7. The molecule has 2 N–H and O–H groups in total. The molecule has 8 heteroatoms. The Kier molecular flexibility index (Phi) is 6.42. The van der Waals surface area contributed by atoms with Crippen LogP contribution in [-0.4, -0.2) is 33.3 Å². The van der Waals surface area contributed by atoms with Gasteiger partial charge < -0.3 is 19.9 Å². The maximum atomic E-state index is 13.2. The number of benzene rings is 3. The number of rotatable bonds is 5. The lowest BCUT2D eigenvalue weighted by Crippen LogP contribution is -2.40. The molecule has 0 saturated heterocycles. The molecular formula is C27H23N3O5. The number of nitriles is 1. The van der Waals surface area contributed by atoms with Gasteiger partial charge >= 0.3 is 11.9 Å². The highest BCUT2D eigenvalue weighted by molar-refractivity contribution is 6.09. The van der Waals surface area contributed by atoms with Crippen molar-refractivity contribution in [2.24, 2.45) is 5.73 Å². The predicted octanol–water partition coefficient (Wildman–Crippen LogP) is 3.75. The minimum absolute atomic E-state index is 0.00438. The lowest BCUT2D eigenvalue weighted by molar-refractivity contribution is -0.139. The molecule has 0 spiro atoms. The van der Waals surface area contributed by atoms with Crippen LogP contribution < -0.4 is 15.4 Å². The Balaban J connectivity index is 2.13. The van der Waals surface area contributed by atoms with Crippen LogP contribution in [-0.2, 0) is 19.1 Å². The van der Waals surface area contributed by atoms with E-state index in [0.717, 1.165) is 5.39 Å². The van der Waals surface area contributed by atoms with Gasteiger partial charge in [-0.05, 0) is 17.7 Å². The first-order valence-corrected chi connectivity index (χ1v) is 10.7. The number of hydrogen-bond donors (Lipinski definition) is 1. The standard InChI is InChI=1S/C27H23N3O5/c1-33-21-14-8-11-17-18(21)12-7-13-20(17)30-24(27(32)35-3)23(26(31)34-2)22(19(15-28)25(30)29)16-9-5-4-6-10-16/h4-14,22H,29H2,1-3H3. The van der Waals surface area contributed by atoms with E-state index < -0.39 is 17.9 Å². The normalized spacial score (nSPS) is 15.6. The minimum Gasteiger partial charge on any atom is -0.496 e. The number of methoxy groups -OCH3 is 3. The van der Waals surface area contributed by atoms with E-state index in [1.165, 1.54) is 19.1 Å². The maximum Gasteiger partial charge on any atom is 0.355 e. The lowest BCUT2D eigenvalue weighted by atomic mass is 9.80. The number of esters is 2. The van der Waals surface area contributed by atoms with Crippen LogP contribution in [0.4, 0.5) is 5.69 Å². The van der Waals surface area contributed by atoms with Gasteiger partial charge in [0.2, 0.25) is 0 Å². The first-order chi connectivity index (χ1) is 17.0. The zero-order chi connectivity index (χ0) is 25.1. The van der Waals surface area contributed by atoms with Gasteiger partial charge in [0.05, 0.1) is 50.2 Å². The maximum absolute atomic E-state index is 13.2. The summed E-state index contributed by atoms with van der Waals surface area (Å²) in [4.78, 5) is 27.8. The zero-order valence-corrected chi connectivity index (χ0v) is 19.4. The number of anilines is 1. The molecule has 3 aromatic rings. The number of hydrogen-bond acceptors (Lipinski definition) is 8. The van der Waals surface area contributed by atoms with E-state index in [1.54, 1.807) is 49.6 Å². The first kappa shape index (κ1) is 23.4. The topological polar surface area (TPSA) is 115 Å². The Morgan fingerprint density at radius 1 is 0.886 bits per heavy atom. The number of carbonyl (C=O) groups is 2. The second kappa shape index (κ2) is 9.61. The highest BCUT2D eigenvalue weighted by Gasteiger charge is 2.43. The van der Waals surface area contributed by atoms with Gasteiger partial charge in [0, 0.05) is 10.8 Å². The summed E-state index contributed by atoms with van der Waals surface area (Å²) in [5.74, 6) is -1.88. The highest BCUT2D eigenvalue weighted by atomic mass is 16.5. The third kappa shape index (κ3) is 3.83. The number of nitrogens with zero attached hydrogens (tertiary/aromatic N) is 2. The molecule has 8 nitrogen and oxygen atoms in total. The van der Waals surface area contributed by atoms with Crippen LogP contribution in [0.15, 0.2) is 89.4 Å². The third-order valence-electron chi connectivity index (χ3n) is 5.93. The van der Waals surface area contributed by atoms with Gasteiger partial charge in [-0.2, -0.15) is 5.26 Å². The molecule has 0 aromatic heterocycles. The summed E-state index contributed by atoms with van der Waals surface area (Å²) in [6, 6.07) is 21.8. The van der Waals surface area contributed by atoms with E-state index in [4.69, 9.17) is 19.9 Å². The van der Waals surface area contributed by atoms with E-state index >= 15 is 0 Å². The van der Waals surface area contributed by atoms with E-state index in [0.29, 0.717) is 22.4 Å². The summed E-state index contributed by atoms with van der Waals surface area (Å²) in [7, 11) is 3.99. The summed E-state index contributed by atoms with van der Waals surface area (Å²) in [5, 5.41) is 11.6. The Morgan fingerprint density at radius 3 is 2.17 bits per heavy atom. The van der Waals surface area contributed by atoms with Crippen LogP contribution in [0, 0.1) is 11.3 Å². The fourth-order valence-corrected chi connectivity index (χ4v) is 4.40. The van der Waals surface area contributed by atoms with Crippen LogP contribution in [0.25, 0.3) is 10.8 Å². The fraction of sp³-hybridized carbons (Fsp3) is 0.148. The second-order valence-corrected chi connectivity index (χ2v) is 7.67. The summed E-state index contributed by atoms with van der Waals surface area (Å²) in [6.45, 7) is 0. The molecule has 0 aliphatic carbocycles. The second-order valence-electron chi connectivity index (χ2n) is 7.67. The van der Waals surface area contributed by atoms with Crippen LogP contribution in [0.1, 0.15) is 11.5 Å². The monoisotopic (exact) mass is 469 g/mol. The molecule has 176 valence electrons. The van der Waals surface area contributed by atoms with Crippen LogP contribution in [0.5, 0.6) is 5.75 Å². The smallest absolute Gasteiger partial charge is 0.355 e. The lowest BCUT2D eigenvalue weighted by Gasteiger charge is -2.36. The van der Waals surface area contributed by atoms with E-state index in [9.17, 15) is 14.9 Å². The van der Waals surface area contributed by atoms with Crippen molar-refractivity contribution >= 4 is 28.4 Å². The van der Waals surface area contributed by atoms with E-state index in [2.05, 4.69) is 6.07 Å². The molecule has 0 amide bonds. The number of nitrogens with two attached hydrogens (primary N) is 1. The average Bonchev–Trinajstić information content (AvgIpc) is 2.91. The van der Waals surface area contributed by atoms with Gasteiger partial charge in [0.25, 0.3) is 0 Å². The molecule has 0 fully saturated rings. The molecule has 3 aromatic carbocycles. The molecule has 1 unspecified atom stereocenters. The molecule has 35 heavy (non-hydrogen) atoms. The molecule has 1 aliphatic heterocycles. The Bertz CT molecular complexity index is 1420. The molecule has 0 radical (unpaired) electrons. The van der Waals surface area contributed by atoms with Crippen molar-refractivity contribution in [3.63, 3.8) is 0 Å². The Labute approximate surface area is 202 Å². The third-order valence-corrected chi connectivity index (χ3v) is 5.93. The number of carbonyl (C=O) groups excluding carboxylic acids is 2. The minimum atomic E-state index is -0.927. The molecular weight excluding hydrogens is 446 g/mol. The SMILES string of the molecule is COC(=O)C1=C(C(=O)OC)N(c2cccc3c(OC)cccc23)C(N)=C(C#N)C1c1ccccc1. The summed E-state index contributed by atoms with van der Waals surface area (Å²) >= 11 is 0. The largest absolute Gasteiger partial charge is 0.496 e.